The Balaban J connectivity index is 1.53. The summed E-state index contributed by atoms with van der Waals surface area (Å²) >= 11 is 7.58. The molecular weight excluding hydrogens is 515 g/mol. The molecule has 37 heavy (non-hydrogen) atoms. The number of amides is 2. The van der Waals surface area contributed by atoms with Gasteiger partial charge in [-0.25, -0.2) is 4.39 Å². The highest BCUT2D eigenvalue weighted by Crippen LogP contribution is 2.36. The molecule has 1 fully saturated rings. The number of aryl methyl sites for hydroxylation is 2. The first-order valence-electron chi connectivity index (χ1n) is 12.5. The fourth-order valence-electron chi connectivity index (χ4n) is 4.72. The Kier molecular flexibility index (Phi) is 9.15. The van der Waals surface area contributed by atoms with Crippen molar-refractivity contribution in [1.29, 1.82) is 0 Å². The highest BCUT2D eigenvalue weighted by Gasteiger charge is 2.32. The van der Waals surface area contributed by atoms with Gasteiger partial charge >= 0.3 is 0 Å². The molecule has 1 aliphatic rings. The van der Waals surface area contributed by atoms with E-state index in [1.807, 2.05) is 32.0 Å². The maximum atomic E-state index is 13.4. The molecule has 8 nitrogen and oxygen atoms in total. The average Bonchev–Trinajstić information content (AvgIpc) is 3.64. The van der Waals surface area contributed by atoms with E-state index >= 15 is 0 Å². The quantitative estimate of drug-likeness (QED) is 0.272. The molecule has 1 saturated carbocycles. The van der Waals surface area contributed by atoms with Crippen molar-refractivity contribution < 1.29 is 14.0 Å². The highest BCUT2D eigenvalue weighted by atomic mass is 35.5. The van der Waals surface area contributed by atoms with E-state index in [4.69, 9.17) is 11.6 Å². The first kappa shape index (κ1) is 27.1. The second-order valence-corrected chi connectivity index (χ2v) is 10.9. The van der Waals surface area contributed by atoms with E-state index in [9.17, 15) is 14.0 Å². The van der Waals surface area contributed by atoms with Crippen LogP contribution in [0.4, 0.5) is 20.8 Å². The molecule has 4 rings (SSSR count). The summed E-state index contributed by atoms with van der Waals surface area (Å²) in [7, 11) is 0. The minimum atomic E-state index is -0.667. The molecule has 1 aliphatic carbocycles. The van der Waals surface area contributed by atoms with E-state index in [0.29, 0.717) is 28.0 Å². The van der Waals surface area contributed by atoms with Crippen LogP contribution in [-0.4, -0.2) is 39.8 Å². The van der Waals surface area contributed by atoms with Crippen molar-refractivity contribution in [3.05, 3.63) is 52.4 Å². The molecule has 3 heterocycles. The van der Waals surface area contributed by atoms with Gasteiger partial charge < -0.3 is 10.6 Å². The van der Waals surface area contributed by atoms with Crippen LogP contribution in [0.15, 0.2) is 36.8 Å². The van der Waals surface area contributed by atoms with Crippen LogP contribution in [0.5, 0.6) is 0 Å². The lowest BCUT2D eigenvalue weighted by atomic mass is 9.97. The lowest BCUT2D eigenvalue weighted by Crippen LogP contribution is -2.44. The zero-order chi connectivity index (χ0) is 26.4. The van der Waals surface area contributed by atoms with Crippen LogP contribution in [0.3, 0.4) is 0 Å². The molecule has 0 aliphatic heterocycles. The first-order chi connectivity index (χ1) is 17.9. The molecule has 3 aromatic heterocycles. The standard InChI is InChI=1S/C26H32ClFN6O2S/c1-17-22(12-20(27)13-29-17)31-18(2)24-7-8-25(37-24)34(16-35)23(11-19-5-3-4-6-19)26(36)32-21-14-30-33(15-21)10-9-28/h7-8,12-16,18-19,23,31H,3-6,9-11H2,1-2H3,(H,32,36)/t18-,23-/m0/s1. The number of hydrogen-bond acceptors (Lipinski definition) is 6. The monoisotopic (exact) mass is 546 g/mol. The molecule has 3 aromatic rings. The molecule has 0 saturated heterocycles. The number of nitrogens with zero attached hydrogens (tertiary/aromatic N) is 4. The number of nitrogens with one attached hydrogen (secondary N) is 2. The summed E-state index contributed by atoms with van der Waals surface area (Å²) in [5.74, 6) is 0.103. The second kappa shape index (κ2) is 12.5. The Morgan fingerprint density at radius 1 is 1.35 bits per heavy atom. The summed E-state index contributed by atoms with van der Waals surface area (Å²) in [4.78, 5) is 32.7. The van der Waals surface area contributed by atoms with Gasteiger partial charge in [-0.05, 0) is 44.4 Å². The average molecular weight is 547 g/mol. The fourth-order valence-corrected chi connectivity index (χ4v) is 5.91. The third kappa shape index (κ3) is 6.87. The van der Waals surface area contributed by atoms with Gasteiger partial charge in [-0.3, -0.25) is 24.2 Å². The summed E-state index contributed by atoms with van der Waals surface area (Å²) in [5.41, 5.74) is 2.16. The number of halogens is 2. The minimum absolute atomic E-state index is 0.0605. The van der Waals surface area contributed by atoms with E-state index in [0.717, 1.165) is 48.4 Å². The second-order valence-electron chi connectivity index (χ2n) is 9.41. The predicted octanol–water partition coefficient (Wildman–Crippen LogP) is 5.99. The predicted molar refractivity (Wildman–Crippen MR) is 146 cm³/mol. The van der Waals surface area contributed by atoms with Crippen molar-refractivity contribution in [3.63, 3.8) is 0 Å². The molecule has 0 aromatic carbocycles. The largest absolute Gasteiger partial charge is 0.376 e. The van der Waals surface area contributed by atoms with Crippen LogP contribution >= 0.6 is 22.9 Å². The topological polar surface area (TPSA) is 92.2 Å². The molecule has 2 amide bonds. The van der Waals surface area contributed by atoms with Crippen molar-refractivity contribution >= 4 is 51.6 Å². The highest BCUT2D eigenvalue weighted by molar-refractivity contribution is 7.16. The number of pyridine rings is 1. The van der Waals surface area contributed by atoms with E-state index in [-0.39, 0.29) is 18.5 Å². The maximum absolute atomic E-state index is 13.4. The molecule has 0 unspecified atom stereocenters. The normalized spacial score (nSPS) is 15.4. The van der Waals surface area contributed by atoms with Crippen LogP contribution in [0.1, 0.15) is 55.6 Å². The van der Waals surface area contributed by atoms with Crippen molar-refractivity contribution in [2.24, 2.45) is 5.92 Å². The lowest BCUT2D eigenvalue weighted by Gasteiger charge is -2.28. The number of carbonyl (C=O) groups is 2. The van der Waals surface area contributed by atoms with Crippen molar-refractivity contribution in [3.8, 4) is 0 Å². The molecule has 2 N–H and O–H groups in total. The van der Waals surface area contributed by atoms with Crippen molar-refractivity contribution in [2.75, 3.05) is 22.2 Å². The zero-order valence-electron chi connectivity index (χ0n) is 21.0. The zero-order valence-corrected chi connectivity index (χ0v) is 22.6. The van der Waals surface area contributed by atoms with Gasteiger partial charge in [0, 0.05) is 17.3 Å². The lowest BCUT2D eigenvalue weighted by molar-refractivity contribution is -0.119. The third-order valence-electron chi connectivity index (χ3n) is 6.72. The van der Waals surface area contributed by atoms with Gasteiger partial charge in [0.15, 0.2) is 0 Å². The van der Waals surface area contributed by atoms with Crippen molar-refractivity contribution in [1.82, 2.24) is 14.8 Å². The summed E-state index contributed by atoms with van der Waals surface area (Å²) in [5, 5.41) is 11.6. The van der Waals surface area contributed by atoms with Crippen LogP contribution in [0.2, 0.25) is 5.02 Å². The number of aromatic nitrogens is 3. The van der Waals surface area contributed by atoms with Gasteiger partial charge in [0.1, 0.15) is 12.7 Å². The number of alkyl halides is 1. The van der Waals surface area contributed by atoms with Gasteiger partial charge in [0.05, 0.1) is 45.9 Å². The Morgan fingerprint density at radius 2 is 2.14 bits per heavy atom. The Hall–Kier alpha value is -2.98. The number of anilines is 3. The summed E-state index contributed by atoms with van der Waals surface area (Å²) in [6.45, 7) is 3.52. The Labute approximate surface area is 225 Å². The van der Waals surface area contributed by atoms with E-state index in [1.54, 1.807) is 12.4 Å². The van der Waals surface area contributed by atoms with Gasteiger partial charge in [0.2, 0.25) is 12.3 Å². The maximum Gasteiger partial charge on any atom is 0.247 e. The number of hydrogen-bond donors (Lipinski definition) is 2. The Bertz CT molecular complexity index is 1210. The first-order valence-corrected chi connectivity index (χ1v) is 13.7. The van der Waals surface area contributed by atoms with Gasteiger partial charge in [0.25, 0.3) is 0 Å². The van der Waals surface area contributed by atoms with E-state index in [1.165, 1.54) is 27.1 Å². The smallest absolute Gasteiger partial charge is 0.247 e. The van der Waals surface area contributed by atoms with Gasteiger partial charge in [-0.15, -0.1) is 11.3 Å². The van der Waals surface area contributed by atoms with E-state index < -0.39 is 12.7 Å². The van der Waals surface area contributed by atoms with Crippen LogP contribution < -0.4 is 15.5 Å². The SMILES string of the molecule is Cc1ncc(Cl)cc1N[C@@H](C)c1ccc(N(C=O)[C@@H](CC2CCCC2)C(=O)Nc2cnn(CCF)c2)s1. The number of carbonyl (C=O) groups excluding carboxylic acids is 2. The Morgan fingerprint density at radius 3 is 2.86 bits per heavy atom. The summed E-state index contributed by atoms with van der Waals surface area (Å²) in [6.07, 6.45) is 10.4. The van der Waals surface area contributed by atoms with Crippen molar-refractivity contribution in [2.45, 2.75) is 64.6 Å². The van der Waals surface area contributed by atoms with E-state index in [2.05, 4.69) is 20.7 Å². The molecule has 198 valence electrons. The van der Waals surface area contributed by atoms with Crippen LogP contribution in [0.25, 0.3) is 0 Å². The fraction of sp³-hybridized carbons (Fsp3) is 0.462. The van der Waals surface area contributed by atoms with Crippen LogP contribution in [-0.2, 0) is 16.1 Å². The molecule has 0 bridgehead atoms. The summed E-state index contributed by atoms with van der Waals surface area (Å²) < 4.78 is 14.1. The molecular formula is C26H32ClFN6O2S. The summed E-state index contributed by atoms with van der Waals surface area (Å²) in [6, 6.07) is 4.95. The molecule has 11 heteroatoms. The third-order valence-corrected chi connectivity index (χ3v) is 8.21. The minimum Gasteiger partial charge on any atom is -0.376 e. The van der Waals surface area contributed by atoms with Gasteiger partial charge in [-0.2, -0.15) is 5.10 Å². The molecule has 2 atom stereocenters. The molecule has 0 radical (unpaired) electrons. The number of rotatable bonds is 12. The number of thiophene rings is 1. The van der Waals surface area contributed by atoms with Gasteiger partial charge in [-0.1, -0.05) is 37.3 Å². The molecule has 0 spiro atoms. The van der Waals surface area contributed by atoms with Crippen LogP contribution in [0, 0.1) is 12.8 Å².